The van der Waals surface area contributed by atoms with E-state index in [2.05, 4.69) is 0 Å². The van der Waals surface area contributed by atoms with Gasteiger partial charge in [-0.05, 0) is 17.9 Å². The molecule has 0 bridgehead atoms. The quantitative estimate of drug-likeness (QED) is 0.805. The van der Waals surface area contributed by atoms with E-state index < -0.39 is 18.2 Å². The van der Waals surface area contributed by atoms with E-state index in [0.29, 0.717) is 6.42 Å². The lowest BCUT2D eigenvalue weighted by atomic mass is 10.1. The van der Waals surface area contributed by atoms with Gasteiger partial charge in [-0.25, -0.2) is 0 Å². The van der Waals surface area contributed by atoms with Crippen LogP contribution >= 0.6 is 0 Å². The van der Waals surface area contributed by atoms with Gasteiger partial charge >= 0.3 is 6.18 Å². The highest BCUT2D eigenvalue weighted by atomic mass is 19.4. The maximum Gasteiger partial charge on any atom is 0.414 e. The molecule has 3 atom stereocenters. The minimum atomic E-state index is -4.49. The van der Waals surface area contributed by atoms with E-state index in [-0.39, 0.29) is 5.92 Å². The third-order valence-electron chi connectivity index (χ3n) is 2.81. The Kier molecular flexibility index (Phi) is 2.46. The van der Waals surface area contributed by atoms with E-state index >= 15 is 0 Å². The summed E-state index contributed by atoms with van der Waals surface area (Å²) in [4.78, 5) is 0. The molecule has 0 heterocycles. The lowest BCUT2D eigenvalue weighted by Gasteiger charge is -2.14. The molecule has 4 heteroatoms. The molecular weight excluding hydrogens is 205 g/mol. The first-order valence-electron chi connectivity index (χ1n) is 4.80. The molecule has 1 saturated carbocycles. The fraction of sp³-hybridized carbons (Fsp3) is 0.455. The molecule has 2 rings (SSSR count). The van der Waals surface area contributed by atoms with Crippen molar-refractivity contribution in [2.45, 2.75) is 24.6 Å². The minimum Gasteiger partial charge on any atom is -0.383 e. The van der Waals surface area contributed by atoms with Gasteiger partial charge in [0.05, 0.1) is 0 Å². The SMILES string of the molecule is O[C@H](C1CC1c1ccccc1)C(F)(F)F. The third kappa shape index (κ3) is 2.15. The maximum absolute atomic E-state index is 12.2. The van der Waals surface area contributed by atoms with Gasteiger partial charge < -0.3 is 5.11 Å². The molecule has 0 spiro atoms. The molecule has 1 N–H and O–H groups in total. The molecule has 1 aromatic rings. The fourth-order valence-corrected chi connectivity index (χ4v) is 1.89. The van der Waals surface area contributed by atoms with Crippen LogP contribution in [-0.4, -0.2) is 17.4 Å². The summed E-state index contributed by atoms with van der Waals surface area (Å²) >= 11 is 0. The molecule has 1 fully saturated rings. The second-order valence-electron chi connectivity index (χ2n) is 3.90. The lowest BCUT2D eigenvalue weighted by Crippen LogP contribution is -2.30. The topological polar surface area (TPSA) is 20.2 Å². The summed E-state index contributed by atoms with van der Waals surface area (Å²) in [5.41, 5.74) is 0.880. The van der Waals surface area contributed by atoms with Crippen molar-refractivity contribution in [3.05, 3.63) is 35.9 Å². The second-order valence-corrected chi connectivity index (χ2v) is 3.90. The maximum atomic E-state index is 12.2. The molecule has 0 saturated heterocycles. The van der Waals surface area contributed by atoms with Crippen LogP contribution in [0.2, 0.25) is 0 Å². The van der Waals surface area contributed by atoms with Crippen molar-refractivity contribution in [2.24, 2.45) is 5.92 Å². The largest absolute Gasteiger partial charge is 0.414 e. The molecule has 0 amide bonds. The number of aliphatic hydroxyl groups is 1. The van der Waals surface area contributed by atoms with Crippen LogP contribution in [0.4, 0.5) is 13.2 Å². The highest BCUT2D eigenvalue weighted by molar-refractivity contribution is 5.26. The molecule has 82 valence electrons. The lowest BCUT2D eigenvalue weighted by molar-refractivity contribution is -0.210. The van der Waals surface area contributed by atoms with Crippen molar-refractivity contribution in [2.75, 3.05) is 0 Å². The Labute approximate surface area is 85.5 Å². The van der Waals surface area contributed by atoms with E-state index in [9.17, 15) is 13.2 Å². The first-order valence-corrected chi connectivity index (χ1v) is 4.80. The van der Waals surface area contributed by atoms with Crippen LogP contribution in [0, 0.1) is 5.92 Å². The predicted octanol–water partition coefficient (Wildman–Crippen LogP) is 2.71. The van der Waals surface area contributed by atoms with E-state index in [1.54, 1.807) is 24.3 Å². The van der Waals surface area contributed by atoms with Gasteiger partial charge in [0.15, 0.2) is 6.10 Å². The highest BCUT2D eigenvalue weighted by Crippen LogP contribution is 2.52. The summed E-state index contributed by atoms with van der Waals surface area (Å²) in [7, 11) is 0. The fourth-order valence-electron chi connectivity index (χ4n) is 1.89. The molecule has 1 aliphatic rings. The van der Waals surface area contributed by atoms with Crippen LogP contribution in [0.15, 0.2) is 30.3 Å². The van der Waals surface area contributed by atoms with Gasteiger partial charge in [0.1, 0.15) is 0 Å². The predicted molar refractivity (Wildman–Crippen MR) is 49.4 cm³/mol. The number of aliphatic hydroxyl groups excluding tert-OH is 1. The van der Waals surface area contributed by atoms with Crippen molar-refractivity contribution in [1.29, 1.82) is 0 Å². The Morgan fingerprint density at radius 1 is 1.20 bits per heavy atom. The molecule has 15 heavy (non-hydrogen) atoms. The molecule has 1 aromatic carbocycles. The van der Waals surface area contributed by atoms with Crippen molar-refractivity contribution < 1.29 is 18.3 Å². The van der Waals surface area contributed by atoms with E-state index in [1.807, 2.05) is 6.07 Å². The average Bonchev–Trinajstić information content (AvgIpc) is 2.96. The Hall–Kier alpha value is -1.03. The summed E-state index contributed by atoms with van der Waals surface area (Å²) in [5, 5.41) is 9.03. The number of alkyl halides is 3. The smallest absolute Gasteiger partial charge is 0.383 e. The van der Waals surface area contributed by atoms with Crippen molar-refractivity contribution in [3.8, 4) is 0 Å². The zero-order chi connectivity index (χ0) is 11.1. The summed E-state index contributed by atoms with van der Waals surface area (Å²) in [6, 6.07) is 9.01. The molecule has 1 aliphatic carbocycles. The van der Waals surface area contributed by atoms with Crippen molar-refractivity contribution in [1.82, 2.24) is 0 Å². The highest BCUT2D eigenvalue weighted by Gasteiger charge is 2.54. The van der Waals surface area contributed by atoms with Crippen LogP contribution in [0.25, 0.3) is 0 Å². The summed E-state index contributed by atoms with van der Waals surface area (Å²) < 4.78 is 36.5. The number of hydrogen-bond acceptors (Lipinski definition) is 1. The summed E-state index contributed by atoms with van der Waals surface area (Å²) in [6.45, 7) is 0. The van der Waals surface area contributed by atoms with Crippen LogP contribution in [-0.2, 0) is 0 Å². The average molecular weight is 216 g/mol. The Morgan fingerprint density at radius 3 is 2.33 bits per heavy atom. The van der Waals surface area contributed by atoms with Gasteiger partial charge in [-0.15, -0.1) is 0 Å². The molecule has 0 radical (unpaired) electrons. The number of rotatable bonds is 2. The van der Waals surface area contributed by atoms with Crippen LogP contribution in [0.3, 0.4) is 0 Å². The molecular formula is C11H11F3O. The van der Waals surface area contributed by atoms with Gasteiger partial charge in [0, 0.05) is 5.92 Å². The molecule has 2 unspecified atom stereocenters. The van der Waals surface area contributed by atoms with Crippen LogP contribution < -0.4 is 0 Å². The van der Waals surface area contributed by atoms with E-state index in [4.69, 9.17) is 5.11 Å². The summed E-state index contributed by atoms with van der Waals surface area (Å²) in [6.07, 6.45) is -6.25. The normalized spacial score (nSPS) is 27.5. The first kappa shape index (κ1) is 10.5. The number of hydrogen-bond donors (Lipinski definition) is 1. The summed E-state index contributed by atoms with van der Waals surface area (Å²) in [5.74, 6) is -0.796. The third-order valence-corrected chi connectivity index (χ3v) is 2.81. The second kappa shape index (κ2) is 3.52. The van der Waals surface area contributed by atoms with Crippen LogP contribution in [0.1, 0.15) is 17.9 Å². The molecule has 0 aliphatic heterocycles. The number of benzene rings is 1. The Bertz CT molecular complexity index is 333. The van der Waals surface area contributed by atoms with Crippen LogP contribution in [0.5, 0.6) is 0 Å². The zero-order valence-electron chi connectivity index (χ0n) is 7.91. The molecule has 1 nitrogen and oxygen atoms in total. The Morgan fingerprint density at radius 2 is 1.80 bits per heavy atom. The van der Waals surface area contributed by atoms with E-state index in [1.165, 1.54) is 0 Å². The van der Waals surface area contributed by atoms with Gasteiger partial charge in [0.25, 0.3) is 0 Å². The van der Waals surface area contributed by atoms with Gasteiger partial charge in [0.2, 0.25) is 0 Å². The van der Waals surface area contributed by atoms with E-state index in [0.717, 1.165) is 5.56 Å². The minimum absolute atomic E-state index is 0.136. The van der Waals surface area contributed by atoms with Gasteiger partial charge in [-0.1, -0.05) is 30.3 Å². The van der Waals surface area contributed by atoms with Gasteiger partial charge in [-0.2, -0.15) is 13.2 Å². The first-order chi connectivity index (χ1) is 7.00. The van der Waals surface area contributed by atoms with Crippen molar-refractivity contribution in [3.63, 3.8) is 0 Å². The Balaban J connectivity index is 2.03. The van der Waals surface area contributed by atoms with Crippen molar-refractivity contribution >= 4 is 0 Å². The van der Waals surface area contributed by atoms with Gasteiger partial charge in [-0.3, -0.25) is 0 Å². The standard InChI is InChI=1S/C11H11F3O/c12-11(13,14)10(15)9-6-8(9)7-4-2-1-3-5-7/h1-5,8-10,15H,6H2/t8?,9?,10-/m1/s1. The zero-order valence-corrected chi connectivity index (χ0v) is 7.91. The molecule has 0 aromatic heterocycles. The number of halogens is 3. The monoisotopic (exact) mass is 216 g/mol.